The number of nitrogens with two attached hydrogens (primary N) is 1. The Balaban J connectivity index is 2.28. The van der Waals surface area contributed by atoms with Crippen molar-refractivity contribution < 1.29 is 8.42 Å². The summed E-state index contributed by atoms with van der Waals surface area (Å²) in [6, 6.07) is 8.32. The molecule has 3 N–H and O–H groups in total. The number of benzene rings is 1. The Kier molecular flexibility index (Phi) is 5.43. The van der Waals surface area contributed by atoms with Crippen LogP contribution in [0.3, 0.4) is 0 Å². The Hall–Kier alpha value is -0.890. The number of anilines is 1. The lowest BCUT2D eigenvalue weighted by molar-refractivity contribution is 0.540. The topological polar surface area (TPSA) is 72.2 Å². The first-order valence-corrected chi connectivity index (χ1v) is 9.70. The highest BCUT2D eigenvalue weighted by molar-refractivity contribution is 9.10. The summed E-state index contributed by atoms with van der Waals surface area (Å²) in [7, 11) is -3.59. The summed E-state index contributed by atoms with van der Waals surface area (Å²) < 4.78 is 28.5. The van der Waals surface area contributed by atoms with Gasteiger partial charge in [0, 0.05) is 15.0 Å². The fourth-order valence-corrected chi connectivity index (χ4v) is 4.40. The van der Waals surface area contributed by atoms with Gasteiger partial charge in [0.05, 0.1) is 10.9 Å². The van der Waals surface area contributed by atoms with Crippen LogP contribution in [0.2, 0.25) is 0 Å². The van der Waals surface area contributed by atoms with Gasteiger partial charge >= 0.3 is 0 Å². The number of hydrogen-bond donors (Lipinski definition) is 2. The van der Waals surface area contributed by atoms with E-state index in [0.717, 1.165) is 17.7 Å². The zero-order chi connectivity index (χ0) is 15.5. The molecule has 1 aromatic heterocycles. The van der Waals surface area contributed by atoms with Gasteiger partial charge in [-0.2, -0.15) is 0 Å². The number of rotatable bonds is 6. The minimum Gasteiger partial charge on any atom is -0.398 e. The summed E-state index contributed by atoms with van der Waals surface area (Å²) in [4.78, 5) is 1.20. The number of sulfonamides is 1. The molecule has 0 aliphatic heterocycles. The maximum atomic E-state index is 12.5. The Morgan fingerprint density at radius 3 is 2.71 bits per heavy atom. The molecular formula is C14H17BrN2O2S2. The first kappa shape index (κ1) is 16.5. The Morgan fingerprint density at radius 2 is 2.14 bits per heavy atom. The van der Waals surface area contributed by atoms with E-state index in [9.17, 15) is 8.42 Å². The highest BCUT2D eigenvalue weighted by Gasteiger charge is 2.22. The largest absolute Gasteiger partial charge is 0.398 e. The normalized spacial score (nSPS) is 13.2. The second-order valence-corrected chi connectivity index (χ2v) is 8.21. The summed E-state index contributed by atoms with van der Waals surface area (Å²) in [6.45, 7) is 2.03. The molecule has 0 radical (unpaired) electrons. The minimum atomic E-state index is -3.59. The van der Waals surface area contributed by atoms with E-state index in [1.165, 1.54) is 6.07 Å². The Morgan fingerprint density at radius 1 is 1.38 bits per heavy atom. The molecule has 114 valence electrons. The Bertz CT molecular complexity index is 700. The minimum absolute atomic E-state index is 0.181. The molecule has 4 nitrogen and oxygen atoms in total. The third-order valence-corrected chi connectivity index (χ3v) is 6.22. The fraction of sp³-hybridized carbons (Fsp3) is 0.286. The van der Waals surface area contributed by atoms with Gasteiger partial charge in [-0.1, -0.05) is 19.4 Å². The third-order valence-electron chi connectivity index (χ3n) is 3.04. The van der Waals surface area contributed by atoms with Gasteiger partial charge in [0.15, 0.2) is 0 Å². The molecule has 2 aromatic rings. The van der Waals surface area contributed by atoms with Gasteiger partial charge in [-0.05, 0) is 52.0 Å². The van der Waals surface area contributed by atoms with Crippen LogP contribution in [0.15, 0.2) is 45.1 Å². The number of nitrogens with one attached hydrogen (secondary N) is 1. The average molecular weight is 389 g/mol. The van der Waals surface area contributed by atoms with Crippen LogP contribution in [0.1, 0.15) is 30.7 Å². The van der Waals surface area contributed by atoms with Crippen LogP contribution in [-0.4, -0.2) is 8.42 Å². The van der Waals surface area contributed by atoms with E-state index in [1.807, 2.05) is 24.4 Å². The average Bonchev–Trinajstić information content (AvgIpc) is 2.95. The van der Waals surface area contributed by atoms with Gasteiger partial charge in [-0.3, -0.25) is 0 Å². The molecule has 0 aliphatic rings. The molecule has 0 bridgehead atoms. The molecule has 21 heavy (non-hydrogen) atoms. The lowest BCUT2D eigenvalue weighted by Crippen LogP contribution is -2.28. The van der Waals surface area contributed by atoms with Gasteiger partial charge in [0.1, 0.15) is 0 Å². The standard InChI is InChI=1S/C14H17BrN2O2S2/c1-2-4-13(14-5-3-8-20-14)17-21(18,19)10-6-7-11(15)12(16)9-10/h3,5-9,13,17H,2,4,16H2,1H3. The molecule has 1 heterocycles. The quantitative estimate of drug-likeness (QED) is 0.736. The van der Waals surface area contributed by atoms with E-state index in [0.29, 0.717) is 10.2 Å². The number of thiophene rings is 1. The predicted octanol–water partition coefficient (Wildman–Crippen LogP) is 3.91. The maximum absolute atomic E-state index is 12.5. The van der Waals surface area contributed by atoms with E-state index in [-0.39, 0.29) is 10.9 Å². The summed E-state index contributed by atoms with van der Waals surface area (Å²) >= 11 is 4.82. The predicted molar refractivity (Wildman–Crippen MR) is 90.8 cm³/mol. The maximum Gasteiger partial charge on any atom is 0.241 e. The highest BCUT2D eigenvalue weighted by Crippen LogP contribution is 2.27. The zero-order valence-corrected chi connectivity index (χ0v) is 14.8. The third kappa shape index (κ3) is 4.06. The van der Waals surface area contributed by atoms with E-state index < -0.39 is 10.0 Å². The van der Waals surface area contributed by atoms with E-state index in [2.05, 4.69) is 20.7 Å². The summed E-state index contributed by atoms with van der Waals surface area (Å²) in [5.41, 5.74) is 6.17. The van der Waals surface area contributed by atoms with E-state index >= 15 is 0 Å². The number of hydrogen-bond acceptors (Lipinski definition) is 4. The second kappa shape index (κ2) is 6.91. The van der Waals surface area contributed by atoms with Crippen molar-refractivity contribution in [2.24, 2.45) is 0 Å². The molecule has 1 unspecified atom stereocenters. The summed E-state index contributed by atoms with van der Waals surface area (Å²) in [5, 5.41) is 1.95. The molecule has 0 spiro atoms. The first-order chi connectivity index (χ1) is 9.94. The lowest BCUT2D eigenvalue weighted by Gasteiger charge is -2.17. The molecule has 0 amide bonds. The molecule has 0 saturated carbocycles. The van der Waals surface area contributed by atoms with Crippen molar-refractivity contribution in [3.63, 3.8) is 0 Å². The molecule has 0 saturated heterocycles. The molecule has 0 fully saturated rings. The van der Waals surface area contributed by atoms with Gasteiger partial charge in [-0.25, -0.2) is 13.1 Å². The molecular weight excluding hydrogens is 372 g/mol. The van der Waals surface area contributed by atoms with Crippen molar-refractivity contribution in [1.82, 2.24) is 4.72 Å². The van der Waals surface area contributed by atoms with Crippen molar-refractivity contribution in [2.75, 3.05) is 5.73 Å². The van der Waals surface area contributed by atoms with Crippen LogP contribution >= 0.6 is 27.3 Å². The molecule has 2 rings (SSSR count). The summed E-state index contributed by atoms with van der Waals surface area (Å²) in [5.74, 6) is 0. The highest BCUT2D eigenvalue weighted by atomic mass is 79.9. The van der Waals surface area contributed by atoms with Crippen molar-refractivity contribution in [3.8, 4) is 0 Å². The SMILES string of the molecule is CCCC(NS(=O)(=O)c1ccc(Br)c(N)c1)c1cccs1. The molecule has 1 aromatic carbocycles. The monoisotopic (exact) mass is 388 g/mol. The van der Waals surface area contributed by atoms with Crippen LogP contribution < -0.4 is 10.5 Å². The molecule has 7 heteroatoms. The number of halogens is 1. The fourth-order valence-electron chi connectivity index (χ4n) is 1.98. The second-order valence-electron chi connectivity index (χ2n) is 4.66. The van der Waals surface area contributed by atoms with Crippen LogP contribution in [0.4, 0.5) is 5.69 Å². The van der Waals surface area contributed by atoms with Gasteiger partial charge in [0.2, 0.25) is 10.0 Å². The zero-order valence-electron chi connectivity index (χ0n) is 11.5. The Labute approximate surface area is 137 Å². The van der Waals surface area contributed by atoms with E-state index in [1.54, 1.807) is 23.5 Å². The summed E-state index contributed by atoms with van der Waals surface area (Å²) in [6.07, 6.45) is 1.65. The van der Waals surface area contributed by atoms with Crippen LogP contribution in [0.25, 0.3) is 0 Å². The van der Waals surface area contributed by atoms with E-state index in [4.69, 9.17) is 5.73 Å². The molecule has 0 aliphatic carbocycles. The van der Waals surface area contributed by atoms with Crippen LogP contribution in [0, 0.1) is 0 Å². The number of nitrogen functional groups attached to an aromatic ring is 1. The van der Waals surface area contributed by atoms with Gasteiger partial charge in [-0.15, -0.1) is 11.3 Å². The smallest absolute Gasteiger partial charge is 0.241 e. The van der Waals surface area contributed by atoms with Crippen molar-refractivity contribution >= 4 is 43.0 Å². The van der Waals surface area contributed by atoms with Crippen LogP contribution in [0.5, 0.6) is 0 Å². The lowest BCUT2D eigenvalue weighted by atomic mass is 10.1. The van der Waals surface area contributed by atoms with Crippen molar-refractivity contribution in [3.05, 3.63) is 45.1 Å². The van der Waals surface area contributed by atoms with Crippen molar-refractivity contribution in [2.45, 2.75) is 30.7 Å². The van der Waals surface area contributed by atoms with Crippen molar-refractivity contribution in [1.29, 1.82) is 0 Å². The van der Waals surface area contributed by atoms with Gasteiger partial charge in [0.25, 0.3) is 0 Å². The van der Waals surface area contributed by atoms with Crippen LogP contribution in [-0.2, 0) is 10.0 Å². The first-order valence-electron chi connectivity index (χ1n) is 6.55. The van der Waals surface area contributed by atoms with Gasteiger partial charge < -0.3 is 5.73 Å². The molecule has 1 atom stereocenters.